The fraction of sp³-hybridized carbons (Fsp3) is 0.478. The van der Waals surface area contributed by atoms with Gasteiger partial charge in [0.2, 0.25) is 0 Å². The number of nitrogens with zero attached hydrogens (tertiary/aromatic N) is 2. The van der Waals surface area contributed by atoms with E-state index >= 15 is 0 Å². The summed E-state index contributed by atoms with van der Waals surface area (Å²) < 4.78 is 20.2. The summed E-state index contributed by atoms with van der Waals surface area (Å²) in [5.74, 6) is 0.748. The molecule has 1 aliphatic carbocycles. The lowest BCUT2D eigenvalue weighted by Gasteiger charge is -2.32. The highest BCUT2D eigenvalue weighted by Crippen LogP contribution is 2.34. The minimum absolute atomic E-state index is 0.0497. The van der Waals surface area contributed by atoms with Crippen molar-refractivity contribution in [3.05, 3.63) is 59.2 Å². The molecular formula is C23H28FN3O2. The molecule has 1 fully saturated rings. The minimum Gasteiger partial charge on any atom is -0.490 e. The predicted molar refractivity (Wildman–Crippen MR) is 110 cm³/mol. The molecule has 0 saturated carbocycles. The van der Waals surface area contributed by atoms with Gasteiger partial charge in [-0.1, -0.05) is 0 Å². The predicted octanol–water partition coefficient (Wildman–Crippen LogP) is 3.37. The number of halogens is 1. The molecule has 154 valence electrons. The van der Waals surface area contributed by atoms with Gasteiger partial charge in [0.1, 0.15) is 17.7 Å². The number of carbonyl (C=O) groups is 1. The van der Waals surface area contributed by atoms with Crippen molar-refractivity contribution in [2.45, 2.75) is 44.6 Å². The zero-order chi connectivity index (χ0) is 20.1. The molecular weight excluding hydrogens is 369 g/mol. The molecule has 5 nitrogen and oxygen atoms in total. The van der Waals surface area contributed by atoms with Crippen molar-refractivity contribution in [3.8, 4) is 5.75 Å². The summed E-state index contributed by atoms with van der Waals surface area (Å²) in [4.78, 5) is 18.4. The molecule has 29 heavy (non-hydrogen) atoms. The molecule has 1 aromatic carbocycles. The van der Waals surface area contributed by atoms with E-state index in [9.17, 15) is 9.18 Å². The highest BCUT2D eigenvalue weighted by Gasteiger charge is 2.24. The van der Waals surface area contributed by atoms with Crippen LogP contribution < -0.4 is 10.1 Å². The Morgan fingerprint density at radius 2 is 1.90 bits per heavy atom. The summed E-state index contributed by atoms with van der Waals surface area (Å²) in [6.45, 7) is 3.62. The number of aromatic nitrogens is 1. The number of nitrogens with one attached hydrogen (secondary N) is 1. The Kier molecular flexibility index (Phi) is 6.39. The second-order valence-electron chi connectivity index (χ2n) is 7.86. The van der Waals surface area contributed by atoms with Gasteiger partial charge in [-0.2, -0.15) is 0 Å². The van der Waals surface area contributed by atoms with Gasteiger partial charge >= 0.3 is 0 Å². The normalized spacial score (nSPS) is 17.1. The maximum Gasteiger partial charge on any atom is 0.251 e. The average Bonchev–Trinajstić information content (AvgIpc) is 3.26. The van der Waals surface area contributed by atoms with Crippen LogP contribution in [-0.2, 0) is 12.8 Å². The molecule has 1 amide bonds. The smallest absolute Gasteiger partial charge is 0.251 e. The van der Waals surface area contributed by atoms with Crippen LogP contribution >= 0.6 is 0 Å². The van der Waals surface area contributed by atoms with E-state index in [0.29, 0.717) is 12.1 Å². The summed E-state index contributed by atoms with van der Waals surface area (Å²) in [5.41, 5.74) is 2.58. The highest BCUT2D eigenvalue weighted by atomic mass is 19.1. The molecule has 0 spiro atoms. The summed E-state index contributed by atoms with van der Waals surface area (Å²) in [7, 11) is 0. The van der Waals surface area contributed by atoms with Crippen LogP contribution in [-0.4, -0.2) is 48.1 Å². The molecule has 2 aromatic rings. The molecule has 1 N–H and O–H groups in total. The SMILES string of the molecule is O=C(NCCCN1CCC(Oc2ccc(F)c3c2CCC3)CC1)c1ccncc1. The van der Waals surface area contributed by atoms with Crippen LogP contribution in [0.1, 0.15) is 47.2 Å². The van der Waals surface area contributed by atoms with E-state index in [4.69, 9.17) is 4.74 Å². The minimum atomic E-state index is -0.0873. The second kappa shape index (κ2) is 9.35. The molecule has 4 rings (SSSR count). The number of benzene rings is 1. The van der Waals surface area contributed by atoms with Gasteiger partial charge in [0.25, 0.3) is 5.91 Å². The van der Waals surface area contributed by atoms with E-state index in [2.05, 4.69) is 15.2 Å². The molecule has 0 bridgehead atoms. The Labute approximate surface area is 171 Å². The van der Waals surface area contributed by atoms with E-state index < -0.39 is 0 Å². The molecule has 0 unspecified atom stereocenters. The first-order chi connectivity index (χ1) is 14.2. The number of hydrogen-bond donors (Lipinski definition) is 1. The first-order valence-corrected chi connectivity index (χ1v) is 10.6. The van der Waals surface area contributed by atoms with E-state index in [1.165, 1.54) is 0 Å². The fourth-order valence-corrected chi connectivity index (χ4v) is 4.28. The van der Waals surface area contributed by atoms with Crippen molar-refractivity contribution >= 4 is 5.91 Å². The molecule has 2 aliphatic rings. The van der Waals surface area contributed by atoms with Crippen molar-refractivity contribution in [1.29, 1.82) is 0 Å². The van der Waals surface area contributed by atoms with Crippen LogP contribution in [0.5, 0.6) is 5.75 Å². The van der Waals surface area contributed by atoms with Gasteiger partial charge in [0.05, 0.1) is 0 Å². The molecule has 1 aromatic heterocycles. The number of amides is 1. The first-order valence-electron chi connectivity index (χ1n) is 10.6. The van der Waals surface area contributed by atoms with Crippen molar-refractivity contribution in [3.63, 3.8) is 0 Å². The number of ether oxygens (including phenoxy) is 1. The molecule has 1 saturated heterocycles. The quantitative estimate of drug-likeness (QED) is 0.728. The van der Waals surface area contributed by atoms with Gasteiger partial charge in [-0.05, 0) is 74.9 Å². The molecule has 6 heteroatoms. The van der Waals surface area contributed by atoms with Crippen LogP contribution in [0.4, 0.5) is 4.39 Å². The van der Waals surface area contributed by atoms with Crippen molar-refractivity contribution < 1.29 is 13.9 Å². The van der Waals surface area contributed by atoms with Gasteiger partial charge in [0.15, 0.2) is 0 Å². The number of pyridine rings is 1. The lowest BCUT2D eigenvalue weighted by Crippen LogP contribution is -2.39. The van der Waals surface area contributed by atoms with Crippen molar-refractivity contribution in [1.82, 2.24) is 15.2 Å². The van der Waals surface area contributed by atoms with E-state index in [0.717, 1.165) is 75.0 Å². The third-order valence-electron chi connectivity index (χ3n) is 5.89. The Morgan fingerprint density at radius 1 is 1.14 bits per heavy atom. The van der Waals surface area contributed by atoms with Crippen molar-refractivity contribution in [2.24, 2.45) is 0 Å². The Balaban J connectivity index is 1.17. The average molecular weight is 397 g/mol. The Bertz CT molecular complexity index is 836. The number of hydrogen-bond acceptors (Lipinski definition) is 4. The largest absolute Gasteiger partial charge is 0.490 e. The van der Waals surface area contributed by atoms with Crippen LogP contribution in [0.15, 0.2) is 36.7 Å². The monoisotopic (exact) mass is 397 g/mol. The summed E-state index contributed by atoms with van der Waals surface area (Å²) in [5, 5.41) is 2.96. The third kappa shape index (κ3) is 4.93. The fourth-order valence-electron chi connectivity index (χ4n) is 4.28. The standard InChI is InChI=1S/C23H28FN3O2/c24-21-5-6-22(20-4-1-3-19(20)21)29-18-9-15-27(16-10-18)14-2-11-26-23(28)17-7-12-25-13-8-17/h5-8,12-13,18H,1-4,9-11,14-16H2,(H,26,28). The zero-order valence-corrected chi connectivity index (χ0v) is 16.7. The Morgan fingerprint density at radius 3 is 2.69 bits per heavy atom. The van der Waals surface area contributed by atoms with Crippen LogP contribution in [0.25, 0.3) is 0 Å². The molecule has 0 atom stereocenters. The van der Waals surface area contributed by atoms with Gasteiger partial charge < -0.3 is 15.0 Å². The summed E-state index contributed by atoms with van der Waals surface area (Å²) >= 11 is 0. The number of rotatable bonds is 7. The molecule has 0 radical (unpaired) electrons. The second-order valence-corrected chi connectivity index (χ2v) is 7.86. The number of likely N-dealkylation sites (tertiary alicyclic amines) is 1. The van der Waals surface area contributed by atoms with Gasteiger partial charge in [0, 0.05) is 43.2 Å². The molecule has 1 aliphatic heterocycles. The van der Waals surface area contributed by atoms with E-state index in [1.807, 2.05) is 0 Å². The Hall–Kier alpha value is -2.47. The number of fused-ring (bicyclic) bond motifs is 1. The molecule has 2 heterocycles. The van der Waals surface area contributed by atoms with E-state index in [1.54, 1.807) is 36.7 Å². The summed E-state index contributed by atoms with van der Waals surface area (Å²) in [6.07, 6.45) is 9.11. The van der Waals surface area contributed by atoms with Gasteiger partial charge in [-0.25, -0.2) is 4.39 Å². The topological polar surface area (TPSA) is 54.5 Å². The van der Waals surface area contributed by atoms with Gasteiger partial charge in [-0.3, -0.25) is 9.78 Å². The van der Waals surface area contributed by atoms with Crippen LogP contribution in [0, 0.1) is 5.82 Å². The van der Waals surface area contributed by atoms with Crippen LogP contribution in [0.3, 0.4) is 0 Å². The van der Waals surface area contributed by atoms with Crippen molar-refractivity contribution in [2.75, 3.05) is 26.2 Å². The first kappa shape index (κ1) is 19.8. The third-order valence-corrected chi connectivity index (χ3v) is 5.89. The maximum atomic E-state index is 13.9. The highest BCUT2D eigenvalue weighted by molar-refractivity contribution is 5.93. The zero-order valence-electron chi connectivity index (χ0n) is 16.7. The van der Waals surface area contributed by atoms with Gasteiger partial charge in [-0.15, -0.1) is 0 Å². The van der Waals surface area contributed by atoms with Crippen LogP contribution in [0.2, 0.25) is 0 Å². The van der Waals surface area contributed by atoms with E-state index in [-0.39, 0.29) is 17.8 Å². The number of piperidine rings is 1. The lowest BCUT2D eigenvalue weighted by molar-refractivity contribution is 0.0933. The summed E-state index contributed by atoms with van der Waals surface area (Å²) in [6, 6.07) is 6.79. The lowest BCUT2D eigenvalue weighted by atomic mass is 10.1. The number of carbonyl (C=O) groups excluding carboxylic acids is 1. The maximum absolute atomic E-state index is 13.9.